The summed E-state index contributed by atoms with van der Waals surface area (Å²) in [6, 6.07) is 3.88. The summed E-state index contributed by atoms with van der Waals surface area (Å²) in [5, 5.41) is 9.29. The molecule has 0 spiro atoms. The van der Waals surface area contributed by atoms with Crippen LogP contribution in [0.4, 0.5) is 0 Å². The van der Waals surface area contributed by atoms with Crippen LogP contribution in [0.3, 0.4) is 0 Å². The Labute approximate surface area is 77.1 Å². The minimum atomic E-state index is 0.462. The molecule has 0 unspecified atom stereocenters. The van der Waals surface area contributed by atoms with Crippen LogP contribution < -0.4 is 5.48 Å². The monoisotopic (exact) mass is 185 g/mol. The van der Waals surface area contributed by atoms with Crippen LogP contribution in [0.15, 0.2) is 12.1 Å². The number of rotatable bonds is 2. The third-order valence-corrected chi connectivity index (χ3v) is 2.29. The molecule has 0 amide bonds. The van der Waals surface area contributed by atoms with Gasteiger partial charge in [0.15, 0.2) is 0 Å². The average Bonchev–Trinajstić information content (AvgIpc) is 2.01. The van der Waals surface area contributed by atoms with Crippen molar-refractivity contribution in [3.63, 3.8) is 0 Å². The molecule has 0 heterocycles. The number of hydrogen-bond donors (Lipinski definition) is 2. The predicted molar refractivity (Wildman–Crippen MR) is 49.6 cm³/mol. The van der Waals surface area contributed by atoms with Gasteiger partial charge in [-0.3, -0.25) is 0 Å². The molecular formula is C9H12ClNO. The number of aryl methyl sites for hydroxylation is 2. The molecule has 0 radical (unpaired) electrons. The number of hydrogen-bond acceptors (Lipinski definition) is 2. The molecule has 0 atom stereocenters. The van der Waals surface area contributed by atoms with Crippen molar-refractivity contribution < 1.29 is 5.21 Å². The first kappa shape index (κ1) is 9.52. The van der Waals surface area contributed by atoms with Crippen LogP contribution in [0.5, 0.6) is 0 Å². The van der Waals surface area contributed by atoms with Gasteiger partial charge in [0.1, 0.15) is 0 Å². The van der Waals surface area contributed by atoms with E-state index in [4.69, 9.17) is 16.8 Å². The molecule has 0 fully saturated rings. The van der Waals surface area contributed by atoms with Crippen molar-refractivity contribution in [2.75, 3.05) is 0 Å². The van der Waals surface area contributed by atoms with Crippen LogP contribution in [-0.4, -0.2) is 5.21 Å². The molecule has 3 heteroatoms. The van der Waals surface area contributed by atoms with Gasteiger partial charge < -0.3 is 5.21 Å². The van der Waals surface area contributed by atoms with Crippen molar-refractivity contribution in [3.05, 3.63) is 33.8 Å². The summed E-state index contributed by atoms with van der Waals surface area (Å²) in [4.78, 5) is 0. The van der Waals surface area contributed by atoms with E-state index in [1.807, 2.05) is 26.0 Å². The number of benzene rings is 1. The highest BCUT2D eigenvalue weighted by atomic mass is 35.5. The first-order valence-corrected chi connectivity index (χ1v) is 4.15. The molecule has 0 saturated heterocycles. The Morgan fingerprint density at radius 2 is 2.00 bits per heavy atom. The molecule has 0 aliphatic rings. The summed E-state index contributed by atoms with van der Waals surface area (Å²) < 4.78 is 0. The fraction of sp³-hybridized carbons (Fsp3) is 0.333. The Hall–Kier alpha value is -0.570. The van der Waals surface area contributed by atoms with Gasteiger partial charge in [-0.05, 0) is 36.6 Å². The maximum absolute atomic E-state index is 8.52. The summed E-state index contributed by atoms with van der Waals surface area (Å²) in [5.41, 5.74) is 5.32. The lowest BCUT2D eigenvalue weighted by atomic mass is 10.1. The van der Waals surface area contributed by atoms with Gasteiger partial charge in [0.25, 0.3) is 0 Å². The van der Waals surface area contributed by atoms with E-state index in [0.717, 1.165) is 21.7 Å². The Bertz CT molecular complexity index is 286. The first-order chi connectivity index (χ1) is 5.65. The standard InChI is InChI=1S/C9H12ClNO/c1-6-4-9(10)7(2)3-8(6)5-11-12/h3-4,11-12H,5H2,1-2H3. The summed E-state index contributed by atoms with van der Waals surface area (Å²) >= 11 is 5.90. The zero-order chi connectivity index (χ0) is 9.14. The first-order valence-electron chi connectivity index (χ1n) is 3.77. The van der Waals surface area contributed by atoms with Crippen LogP contribution in [0.2, 0.25) is 5.02 Å². The quantitative estimate of drug-likeness (QED) is 0.694. The van der Waals surface area contributed by atoms with Gasteiger partial charge in [-0.25, -0.2) is 5.48 Å². The van der Waals surface area contributed by atoms with Gasteiger partial charge in [0, 0.05) is 11.6 Å². The van der Waals surface area contributed by atoms with Crippen molar-refractivity contribution >= 4 is 11.6 Å². The molecule has 12 heavy (non-hydrogen) atoms. The van der Waals surface area contributed by atoms with Crippen LogP contribution in [0, 0.1) is 13.8 Å². The minimum absolute atomic E-state index is 0.462. The van der Waals surface area contributed by atoms with E-state index in [1.54, 1.807) is 0 Å². The molecule has 0 aliphatic heterocycles. The second kappa shape index (κ2) is 3.90. The molecule has 66 valence electrons. The molecule has 1 aromatic carbocycles. The third kappa shape index (κ3) is 1.97. The lowest BCUT2D eigenvalue weighted by Crippen LogP contribution is -2.07. The van der Waals surface area contributed by atoms with Crippen molar-refractivity contribution in [1.82, 2.24) is 5.48 Å². The third-order valence-electron chi connectivity index (χ3n) is 1.89. The SMILES string of the molecule is Cc1cc(CNO)c(C)cc1Cl. The maximum atomic E-state index is 8.52. The smallest absolute Gasteiger partial charge is 0.0460 e. The topological polar surface area (TPSA) is 32.3 Å². The Morgan fingerprint density at radius 3 is 2.58 bits per heavy atom. The number of nitrogens with one attached hydrogen (secondary N) is 1. The average molecular weight is 186 g/mol. The lowest BCUT2D eigenvalue weighted by Gasteiger charge is -2.07. The summed E-state index contributed by atoms with van der Waals surface area (Å²) in [5.74, 6) is 0. The highest BCUT2D eigenvalue weighted by Crippen LogP contribution is 2.20. The Kier molecular flexibility index (Phi) is 3.09. The van der Waals surface area contributed by atoms with E-state index >= 15 is 0 Å². The van der Waals surface area contributed by atoms with Gasteiger partial charge in [-0.15, -0.1) is 0 Å². The van der Waals surface area contributed by atoms with Gasteiger partial charge in [-0.2, -0.15) is 0 Å². The number of hydroxylamine groups is 1. The molecule has 0 aromatic heterocycles. The largest absolute Gasteiger partial charge is 0.316 e. The number of halogens is 1. The molecule has 0 bridgehead atoms. The van der Waals surface area contributed by atoms with Crippen molar-refractivity contribution in [3.8, 4) is 0 Å². The molecule has 2 N–H and O–H groups in total. The molecule has 1 aromatic rings. The molecular weight excluding hydrogens is 174 g/mol. The zero-order valence-corrected chi connectivity index (χ0v) is 7.94. The molecule has 1 rings (SSSR count). The normalized spacial score (nSPS) is 10.3. The summed E-state index contributed by atoms with van der Waals surface area (Å²) in [6.45, 7) is 4.38. The van der Waals surface area contributed by atoms with E-state index in [-0.39, 0.29) is 0 Å². The predicted octanol–water partition coefficient (Wildman–Crippen LogP) is 2.44. The maximum Gasteiger partial charge on any atom is 0.0460 e. The van der Waals surface area contributed by atoms with Crippen LogP contribution in [0.1, 0.15) is 16.7 Å². The Morgan fingerprint density at radius 1 is 1.33 bits per heavy atom. The van der Waals surface area contributed by atoms with Gasteiger partial charge in [0.2, 0.25) is 0 Å². The van der Waals surface area contributed by atoms with Gasteiger partial charge in [-0.1, -0.05) is 17.7 Å². The van der Waals surface area contributed by atoms with E-state index < -0.39 is 0 Å². The fourth-order valence-corrected chi connectivity index (χ4v) is 1.33. The summed E-state index contributed by atoms with van der Waals surface area (Å²) in [7, 11) is 0. The Balaban J connectivity index is 3.05. The molecule has 0 aliphatic carbocycles. The second-order valence-corrected chi connectivity index (χ2v) is 3.27. The highest BCUT2D eigenvalue weighted by molar-refractivity contribution is 6.31. The minimum Gasteiger partial charge on any atom is -0.316 e. The fourth-order valence-electron chi connectivity index (χ4n) is 1.12. The molecule has 0 saturated carbocycles. The highest BCUT2D eigenvalue weighted by Gasteiger charge is 2.01. The lowest BCUT2D eigenvalue weighted by molar-refractivity contribution is 0.161. The van der Waals surface area contributed by atoms with Crippen molar-refractivity contribution in [2.45, 2.75) is 20.4 Å². The van der Waals surface area contributed by atoms with Gasteiger partial charge in [0.05, 0.1) is 0 Å². The van der Waals surface area contributed by atoms with E-state index in [2.05, 4.69) is 5.48 Å². The van der Waals surface area contributed by atoms with E-state index in [0.29, 0.717) is 6.54 Å². The van der Waals surface area contributed by atoms with E-state index in [1.165, 1.54) is 0 Å². The summed E-state index contributed by atoms with van der Waals surface area (Å²) in [6.07, 6.45) is 0. The van der Waals surface area contributed by atoms with Gasteiger partial charge >= 0.3 is 0 Å². The van der Waals surface area contributed by atoms with Crippen molar-refractivity contribution in [2.24, 2.45) is 0 Å². The van der Waals surface area contributed by atoms with Crippen LogP contribution in [-0.2, 0) is 6.54 Å². The van der Waals surface area contributed by atoms with Crippen molar-refractivity contribution in [1.29, 1.82) is 0 Å². The van der Waals surface area contributed by atoms with Crippen LogP contribution >= 0.6 is 11.6 Å². The van der Waals surface area contributed by atoms with E-state index in [9.17, 15) is 0 Å². The second-order valence-electron chi connectivity index (χ2n) is 2.86. The zero-order valence-electron chi connectivity index (χ0n) is 7.19. The van der Waals surface area contributed by atoms with Crippen LogP contribution in [0.25, 0.3) is 0 Å². The molecule has 2 nitrogen and oxygen atoms in total.